The summed E-state index contributed by atoms with van der Waals surface area (Å²) in [7, 11) is 0. The second kappa shape index (κ2) is 12.6. The Bertz CT molecular complexity index is 4300. The number of nitriles is 1. The number of aromatic nitrogens is 4. The predicted octanol–water partition coefficient (Wildman–Crippen LogP) is 12.8. The number of rotatable bonds is 3. The fourth-order valence-corrected chi connectivity index (χ4v) is 12.6. The van der Waals surface area contributed by atoms with Gasteiger partial charge in [-0.2, -0.15) is 5.26 Å². The van der Waals surface area contributed by atoms with Crippen molar-refractivity contribution in [2.75, 3.05) is 0 Å². The number of fused-ring (bicyclic) bond motifs is 18. The van der Waals surface area contributed by atoms with Crippen molar-refractivity contribution in [3.8, 4) is 39.9 Å². The number of nitrogens with zero attached hydrogens (tertiary/aromatic N) is 5. The fourth-order valence-electron chi connectivity index (χ4n) is 12.6. The normalized spacial score (nSPS) is 12.7. The average molecular weight is 848 g/mol. The second-order valence-corrected chi connectivity index (χ2v) is 18.3. The standard InChI is InChI=1S/C61H34BN5/c63-35-36-25-27-37(28-26-36)38-33-53-59-54(34-38)67-52-32-30-50-56(42-18-8-10-24-48(42)65(50)40-15-5-2-6-16-40)58(52)44-20-12-22-46(61(44)67)62(59)45-21-11-19-43-57-51(66(53)60(43)45)31-29-49-55(57)41-17-7-9-23-47(41)64(49)39-13-3-1-4-14-39/h1-34H. The molecule has 0 unspecified atom stereocenters. The summed E-state index contributed by atoms with van der Waals surface area (Å²) in [4.78, 5) is 0. The summed E-state index contributed by atoms with van der Waals surface area (Å²) in [5.74, 6) is 0. The molecule has 0 amide bonds. The molecule has 67 heavy (non-hydrogen) atoms. The maximum Gasteiger partial charge on any atom is 0.252 e. The van der Waals surface area contributed by atoms with Gasteiger partial charge in [-0.1, -0.05) is 121 Å². The minimum absolute atomic E-state index is 0.0108. The lowest BCUT2D eigenvalue weighted by Crippen LogP contribution is -2.59. The summed E-state index contributed by atoms with van der Waals surface area (Å²) in [6.07, 6.45) is 0. The monoisotopic (exact) mass is 847 g/mol. The van der Waals surface area contributed by atoms with Gasteiger partial charge in [-0.05, 0) is 112 Å². The third-order valence-electron chi connectivity index (χ3n) is 15.1. The van der Waals surface area contributed by atoms with Crippen LogP contribution in [0.4, 0.5) is 0 Å². The summed E-state index contributed by atoms with van der Waals surface area (Å²) in [5, 5.41) is 20.0. The number of para-hydroxylation sites is 6. The van der Waals surface area contributed by atoms with Crippen LogP contribution in [0.3, 0.4) is 0 Å². The average Bonchev–Trinajstić information content (AvgIpc) is 4.12. The molecule has 0 N–H and O–H groups in total. The van der Waals surface area contributed by atoms with Crippen molar-refractivity contribution in [3.63, 3.8) is 0 Å². The molecule has 5 nitrogen and oxygen atoms in total. The molecule has 0 aliphatic carbocycles. The Hall–Kier alpha value is -9.05. The van der Waals surface area contributed by atoms with Gasteiger partial charge in [-0.3, -0.25) is 0 Å². The van der Waals surface area contributed by atoms with E-state index in [9.17, 15) is 5.26 Å². The Morgan fingerprint density at radius 1 is 0.343 bits per heavy atom. The van der Waals surface area contributed by atoms with Crippen LogP contribution in [0.15, 0.2) is 206 Å². The first-order valence-corrected chi connectivity index (χ1v) is 23.0. The zero-order chi connectivity index (χ0) is 43.6. The van der Waals surface area contributed by atoms with E-state index < -0.39 is 0 Å². The van der Waals surface area contributed by atoms with Crippen molar-refractivity contribution in [1.29, 1.82) is 5.26 Å². The first kappa shape index (κ1) is 35.3. The van der Waals surface area contributed by atoms with Gasteiger partial charge in [0.2, 0.25) is 0 Å². The van der Waals surface area contributed by atoms with Crippen LogP contribution >= 0.6 is 0 Å². The Morgan fingerprint density at radius 3 is 1.24 bits per heavy atom. The largest absolute Gasteiger partial charge is 0.310 e. The molecule has 0 fully saturated rings. The highest BCUT2D eigenvalue weighted by atomic mass is 15.0. The maximum absolute atomic E-state index is 9.84. The van der Waals surface area contributed by atoms with E-state index in [4.69, 9.17) is 0 Å². The van der Waals surface area contributed by atoms with Crippen molar-refractivity contribution in [3.05, 3.63) is 212 Å². The maximum atomic E-state index is 9.84. The van der Waals surface area contributed by atoms with Gasteiger partial charge in [-0.25, -0.2) is 0 Å². The van der Waals surface area contributed by atoms with Gasteiger partial charge in [0.25, 0.3) is 6.71 Å². The molecular formula is C61H34BN5. The van der Waals surface area contributed by atoms with Crippen LogP contribution in [0.2, 0.25) is 0 Å². The molecule has 2 aliphatic rings. The second-order valence-electron chi connectivity index (χ2n) is 18.3. The molecule has 306 valence electrons. The van der Waals surface area contributed by atoms with Crippen molar-refractivity contribution in [2.24, 2.45) is 0 Å². The highest BCUT2D eigenvalue weighted by molar-refractivity contribution is 7.00. The van der Waals surface area contributed by atoms with E-state index in [2.05, 4.69) is 218 Å². The molecule has 0 radical (unpaired) electrons. The first-order valence-electron chi connectivity index (χ1n) is 23.0. The lowest BCUT2D eigenvalue weighted by atomic mass is 9.34. The molecule has 6 heterocycles. The van der Waals surface area contributed by atoms with Crippen molar-refractivity contribution < 1.29 is 0 Å². The van der Waals surface area contributed by atoms with E-state index in [0.717, 1.165) is 22.5 Å². The number of benzene rings is 10. The number of hydrogen-bond donors (Lipinski definition) is 0. The third-order valence-corrected chi connectivity index (χ3v) is 15.1. The molecule has 0 saturated heterocycles. The van der Waals surface area contributed by atoms with E-state index in [0.29, 0.717) is 5.56 Å². The van der Waals surface area contributed by atoms with E-state index in [1.54, 1.807) is 0 Å². The van der Waals surface area contributed by atoms with E-state index in [-0.39, 0.29) is 6.71 Å². The fraction of sp³-hybridized carbons (Fsp3) is 0. The Balaban J connectivity index is 1.08. The van der Waals surface area contributed by atoms with Crippen LogP contribution < -0.4 is 16.4 Å². The van der Waals surface area contributed by atoms with Crippen LogP contribution in [-0.4, -0.2) is 25.0 Å². The minimum atomic E-state index is -0.0108. The van der Waals surface area contributed by atoms with Gasteiger partial charge in [0.05, 0.1) is 44.7 Å². The molecule has 4 aromatic heterocycles. The topological polar surface area (TPSA) is 43.5 Å². The highest BCUT2D eigenvalue weighted by Crippen LogP contribution is 2.47. The quantitative estimate of drug-likeness (QED) is 0.163. The molecule has 14 aromatic rings. The van der Waals surface area contributed by atoms with Crippen LogP contribution in [0.25, 0.3) is 121 Å². The van der Waals surface area contributed by atoms with Crippen LogP contribution in [-0.2, 0) is 0 Å². The molecule has 0 bridgehead atoms. The molecule has 0 atom stereocenters. The predicted molar refractivity (Wildman–Crippen MR) is 279 cm³/mol. The lowest BCUT2D eigenvalue weighted by molar-refractivity contribution is 1.14. The van der Waals surface area contributed by atoms with Crippen LogP contribution in [0.5, 0.6) is 0 Å². The number of hydrogen-bond acceptors (Lipinski definition) is 1. The zero-order valence-electron chi connectivity index (χ0n) is 35.9. The summed E-state index contributed by atoms with van der Waals surface area (Å²) >= 11 is 0. The van der Waals surface area contributed by atoms with Gasteiger partial charge >= 0.3 is 0 Å². The van der Waals surface area contributed by atoms with Gasteiger partial charge < -0.3 is 18.3 Å². The minimum Gasteiger partial charge on any atom is -0.310 e. The zero-order valence-corrected chi connectivity index (χ0v) is 35.9. The summed E-state index contributed by atoms with van der Waals surface area (Å²) in [6.45, 7) is -0.0108. The molecule has 0 saturated carbocycles. The van der Waals surface area contributed by atoms with E-state index in [1.165, 1.54) is 115 Å². The third kappa shape index (κ3) is 4.35. The Kier molecular flexibility index (Phi) is 6.64. The van der Waals surface area contributed by atoms with Crippen molar-refractivity contribution >= 4 is 110 Å². The molecule has 10 aromatic carbocycles. The lowest BCUT2D eigenvalue weighted by Gasteiger charge is -2.34. The molecular weight excluding hydrogens is 814 g/mol. The highest BCUT2D eigenvalue weighted by Gasteiger charge is 2.41. The smallest absolute Gasteiger partial charge is 0.252 e. The first-order chi connectivity index (χ1) is 33.2. The van der Waals surface area contributed by atoms with Crippen molar-refractivity contribution in [1.82, 2.24) is 18.3 Å². The summed E-state index contributed by atoms with van der Waals surface area (Å²) in [5.41, 5.74) is 21.2. The molecule has 0 spiro atoms. The van der Waals surface area contributed by atoms with Gasteiger partial charge in [-0.15, -0.1) is 0 Å². The van der Waals surface area contributed by atoms with Crippen molar-refractivity contribution in [2.45, 2.75) is 0 Å². The van der Waals surface area contributed by atoms with Crippen LogP contribution in [0, 0.1) is 11.3 Å². The van der Waals surface area contributed by atoms with Gasteiger partial charge in [0.15, 0.2) is 0 Å². The summed E-state index contributed by atoms with van der Waals surface area (Å²) < 4.78 is 10.0. The molecule has 2 aliphatic heterocycles. The molecule has 6 heteroatoms. The molecule has 16 rings (SSSR count). The Morgan fingerprint density at radius 2 is 0.761 bits per heavy atom. The summed E-state index contributed by atoms with van der Waals surface area (Å²) in [6, 6.07) is 78.0. The van der Waals surface area contributed by atoms with E-state index >= 15 is 0 Å². The Labute approximate surface area is 383 Å². The van der Waals surface area contributed by atoms with Gasteiger partial charge in [0.1, 0.15) is 0 Å². The van der Waals surface area contributed by atoms with Gasteiger partial charge in [0, 0.05) is 76.9 Å². The van der Waals surface area contributed by atoms with E-state index in [1.807, 2.05) is 12.1 Å². The SMILES string of the molecule is N#Cc1ccc(-c2cc3c4c(c2)-n2c5ccc6c(c7ccccc7n6-c6ccccc6)c5c5cccc(c52)B4c2cccc4c5c6c7ccccc7n(-c7ccccc7)c6ccc5n-3c24)cc1. The van der Waals surface area contributed by atoms with Crippen LogP contribution in [0.1, 0.15) is 5.56 Å².